The minimum Gasteiger partial charge on any atom is -0.493 e. The van der Waals surface area contributed by atoms with Crippen LogP contribution in [0, 0.1) is 5.92 Å². The molecule has 0 heterocycles. The number of ether oxygens (including phenoxy) is 2. The average Bonchev–Trinajstić information content (AvgIpc) is 2.37. The van der Waals surface area contributed by atoms with Gasteiger partial charge in [0.2, 0.25) is 0 Å². The molecule has 1 aromatic rings. The second kappa shape index (κ2) is 7.42. The second-order valence-electron chi connectivity index (χ2n) is 4.22. The number of methoxy groups -OCH3 is 1. The summed E-state index contributed by atoms with van der Waals surface area (Å²) in [6.07, 6.45) is 0. The number of hydrogen-bond donors (Lipinski definition) is 2. The molecule has 100 valence electrons. The highest BCUT2D eigenvalue weighted by Gasteiger charge is 2.04. The Morgan fingerprint density at radius 2 is 1.89 bits per heavy atom. The number of nitrogens with one attached hydrogen (secondary N) is 2. The van der Waals surface area contributed by atoms with Gasteiger partial charge in [-0.3, -0.25) is 0 Å². The van der Waals surface area contributed by atoms with Crippen molar-refractivity contribution in [1.29, 1.82) is 0 Å². The molecule has 0 unspecified atom stereocenters. The molecule has 5 nitrogen and oxygen atoms in total. The minimum absolute atomic E-state index is 0.101. The zero-order chi connectivity index (χ0) is 13.4. The lowest BCUT2D eigenvalue weighted by molar-refractivity contribution is 0.220. The van der Waals surface area contributed by atoms with Gasteiger partial charge in [-0.05, 0) is 18.1 Å². The van der Waals surface area contributed by atoms with E-state index in [1.165, 1.54) is 0 Å². The van der Waals surface area contributed by atoms with Crippen molar-refractivity contribution in [3.63, 3.8) is 0 Å². The smallest absolute Gasteiger partial charge is 0.317 e. The Balaban J connectivity index is 2.31. The number of benzene rings is 1. The van der Waals surface area contributed by atoms with Gasteiger partial charge in [0.1, 0.15) is 0 Å². The van der Waals surface area contributed by atoms with Crippen LogP contribution in [0.5, 0.6) is 11.5 Å². The molecule has 0 radical (unpaired) electrons. The fraction of sp³-hybridized carbons (Fsp3) is 0.462. The zero-order valence-corrected chi connectivity index (χ0v) is 11.0. The van der Waals surface area contributed by atoms with Crippen LogP contribution in [0.1, 0.15) is 13.8 Å². The molecule has 0 atom stereocenters. The van der Waals surface area contributed by atoms with E-state index in [0.717, 1.165) is 0 Å². The van der Waals surface area contributed by atoms with Crippen LogP contribution in [-0.2, 0) is 0 Å². The number of urea groups is 1. The highest BCUT2D eigenvalue weighted by molar-refractivity contribution is 5.73. The summed E-state index contributed by atoms with van der Waals surface area (Å²) in [6.45, 7) is 4.81. The summed E-state index contributed by atoms with van der Waals surface area (Å²) < 4.78 is 10.5. The molecule has 1 aromatic carbocycles. The first-order valence-electron chi connectivity index (χ1n) is 5.91. The van der Waals surface area contributed by atoms with E-state index in [2.05, 4.69) is 10.6 Å². The number of carbonyl (C=O) groups excluding carboxylic acids is 1. The summed E-state index contributed by atoms with van der Waals surface area (Å²) in [5.41, 5.74) is 0. The molecule has 0 saturated carbocycles. The van der Waals surface area contributed by atoms with E-state index in [0.29, 0.717) is 24.0 Å². The van der Waals surface area contributed by atoms with Crippen LogP contribution >= 0.6 is 0 Å². The highest BCUT2D eigenvalue weighted by Crippen LogP contribution is 2.25. The summed E-state index contributed by atoms with van der Waals surface area (Å²) in [5.74, 6) is 1.66. The predicted molar refractivity (Wildman–Crippen MR) is 69.9 cm³/mol. The molecule has 0 aliphatic carbocycles. The fourth-order valence-electron chi connectivity index (χ4n) is 1.28. The van der Waals surface area contributed by atoms with E-state index in [1.807, 2.05) is 26.0 Å². The Kier molecular flexibility index (Phi) is 5.84. The first kappa shape index (κ1) is 14.2. The van der Waals surface area contributed by atoms with Crippen molar-refractivity contribution in [2.24, 2.45) is 5.92 Å². The van der Waals surface area contributed by atoms with Gasteiger partial charge >= 0.3 is 6.03 Å². The SMILES string of the molecule is COc1ccccc1OCNC(=O)NCC(C)C. The van der Waals surface area contributed by atoms with Gasteiger partial charge in [0.15, 0.2) is 18.2 Å². The molecule has 0 bridgehead atoms. The quantitative estimate of drug-likeness (QED) is 0.761. The van der Waals surface area contributed by atoms with Crippen molar-refractivity contribution < 1.29 is 14.3 Å². The summed E-state index contributed by atoms with van der Waals surface area (Å²) in [7, 11) is 1.57. The van der Waals surface area contributed by atoms with E-state index in [-0.39, 0.29) is 12.8 Å². The van der Waals surface area contributed by atoms with Crippen LogP contribution in [0.2, 0.25) is 0 Å². The molecular weight excluding hydrogens is 232 g/mol. The Hall–Kier alpha value is -1.91. The van der Waals surface area contributed by atoms with E-state index < -0.39 is 0 Å². The third-order valence-electron chi connectivity index (χ3n) is 2.20. The van der Waals surface area contributed by atoms with Crippen LogP contribution in [-0.4, -0.2) is 26.4 Å². The molecule has 2 N–H and O–H groups in total. The molecule has 5 heteroatoms. The van der Waals surface area contributed by atoms with Gasteiger partial charge in [0.25, 0.3) is 0 Å². The highest BCUT2D eigenvalue weighted by atomic mass is 16.5. The first-order chi connectivity index (χ1) is 8.63. The van der Waals surface area contributed by atoms with Crippen molar-refractivity contribution in [2.45, 2.75) is 13.8 Å². The number of carbonyl (C=O) groups is 1. The lowest BCUT2D eigenvalue weighted by Crippen LogP contribution is -2.39. The molecule has 0 aliphatic rings. The largest absolute Gasteiger partial charge is 0.493 e. The molecule has 18 heavy (non-hydrogen) atoms. The average molecular weight is 252 g/mol. The first-order valence-corrected chi connectivity index (χ1v) is 5.91. The third kappa shape index (κ3) is 4.95. The molecule has 1 rings (SSSR count). The van der Waals surface area contributed by atoms with Crippen molar-refractivity contribution in [3.8, 4) is 11.5 Å². The Morgan fingerprint density at radius 1 is 1.22 bits per heavy atom. The summed E-state index contributed by atoms with van der Waals surface area (Å²) >= 11 is 0. The molecule has 0 saturated heterocycles. The maximum atomic E-state index is 11.4. The molecule has 2 amide bonds. The lowest BCUT2D eigenvalue weighted by atomic mass is 10.2. The molecule has 0 fully saturated rings. The van der Waals surface area contributed by atoms with Crippen LogP contribution in [0.3, 0.4) is 0 Å². The maximum Gasteiger partial charge on any atom is 0.317 e. The standard InChI is InChI=1S/C13H20N2O3/c1-10(2)8-14-13(16)15-9-18-12-7-5-4-6-11(12)17-3/h4-7,10H,8-9H2,1-3H3,(H2,14,15,16). The topological polar surface area (TPSA) is 59.6 Å². The van der Waals surface area contributed by atoms with Crippen molar-refractivity contribution in [3.05, 3.63) is 24.3 Å². The van der Waals surface area contributed by atoms with E-state index in [9.17, 15) is 4.79 Å². The molecule has 0 aliphatic heterocycles. The van der Waals surface area contributed by atoms with Gasteiger partial charge in [-0.15, -0.1) is 0 Å². The van der Waals surface area contributed by atoms with Crippen LogP contribution in [0.25, 0.3) is 0 Å². The Labute approximate surface area is 107 Å². The Morgan fingerprint density at radius 3 is 2.50 bits per heavy atom. The van der Waals surface area contributed by atoms with Crippen LogP contribution in [0.15, 0.2) is 24.3 Å². The number of amides is 2. The van der Waals surface area contributed by atoms with E-state index in [1.54, 1.807) is 19.2 Å². The van der Waals surface area contributed by atoms with Crippen molar-refractivity contribution in [2.75, 3.05) is 20.4 Å². The fourth-order valence-corrected chi connectivity index (χ4v) is 1.28. The van der Waals surface area contributed by atoms with Crippen molar-refractivity contribution in [1.82, 2.24) is 10.6 Å². The number of para-hydroxylation sites is 2. The van der Waals surface area contributed by atoms with Crippen LogP contribution in [0.4, 0.5) is 4.79 Å². The van der Waals surface area contributed by atoms with E-state index >= 15 is 0 Å². The van der Waals surface area contributed by atoms with Gasteiger partial charge < -0.3 is 20.1 Å². The maximum absolute atomic E-state index is 11.4. The summed E-state index contributed by atoms with van der Waals surface area (Å²) in [4.78, 5) is 11.4. The third-order valence-corrected chi connectivity index (χ3v) is 2.20. The molecule has 0 aromatic heterocycles. The van der Waals surface area contributed by atoms with E-state index in [4.69, 9.17) is 9.47 Å². The summed E-state index contributed by atoms with van der Waals surface area (Å²) in [6, 6.07) is 7.05. The molecular formula is C13H20N2O3. The lowest BCUT2D eigenvalue weighted by Gasteiger charge is -2.12. The number of rotatable bonds is 6. The van der Waals surface area contributed by atoms with Gasteiger partial charge in [0.05, 0.1) is 7.11 Å². The monoisotopic (exact) mass is 252 g/mol. The minimum atomic E-state index is -0.237. The second-order valence-corrected chi connectivity index (χ2v) is 4.22. The van der Waals surface area contributed by atoms with Gasteiger partial charge in [-0.25, -0.2) is 4.79 Å². The van der Waals surface area contributed by atoms with Crippen molar-refractivity contribution >= 4 is 6.03 Å². The predicted octanol–water partition coefficient (Wildman–Crippen LogP) is 1.99. The van der Waals surface area contributed by atoms with Crippen LogP contribution < -0.4 is 20.1 Å². The Bertz CT molecular complexity index is 380. The zero-order valence-electron chi connectivity index (χ0n) is 11.0. The summed E-state index contributed by atoms with van der Waals surface area (Å²) in [5, 5.41) is 5.35. The van der Waals surface area contributed by atoms with Gasteiger partial charge in [-0.2, -0.15) is 0 Å². The van der Waals surface area contributed by atoms with Gasteiger partial charge in [0, 0.05) is 6.54 Å². The number of hydrogen-bond acceptors (Lipinski definition) is 3. The van der Waals surface area contributed by atoms with Gasteiger partial charge in [-0.1, -0.05) is 26.0 Å². The molecule has 0 spiro atoms. The normalized spacial score (nSPS) is 10.0.